The Morgan fingerprint density at radius 2 is 1.67 bits per heavy atom. The number of allylic oxidation sites excluding steroid dienone is 2. The van der Waals surface area contributed by atoms with Gasteiger partial charge >= 0.3 is 5.97 Å². The van der Waals surface area contributed by atoms with Gasteiger partial charge in [-0.3, -0.25) is 4.79 Å². The summed E-state index contributed by atoms with van der Waals surface area (Å²) in [5.41, 5.74) is 2.80. The lowest BCUT2D eigenvalue weighted by molar-refractivity contribution is -0.139. The van der Waals surface area contributed by atoms with Crippen molar-refractivity contribution in [2.75, 3.05) is 6.61 Å². The monoisotopic (exact) mass is 961 g/mol. The first-order valence-corrected chi connectivity index (χ1v) is 25.6. The van der Waals surface area contributed by atoms with Gasteiger partial charge in [-0.15, -0.1) is 0 Å². The number of hydrogen-bond acceptors (Lipinski definition) is 11. The molecule has 0 unspecified atom stereocenters. The van der Waals surface area contributed by atoms with E-state index in [4.69, 9.17) is 0 Å². The van der Waals surface area contributed by atoms with Crippen LogP contribution in [-0.2, 0) is 30.5 Å². The summed E-state index contributed by atoms with van der Waals surface area (Å²) in [6.07, 6.45) is 7.05. The van der Waals surface area contributed by atoms with E-state index in [1.807, 2.05) is 80.6 Å². The average molecular weight is 961 g/mol. The number of hydrogen-bond donors (Lipinski definition) is 11. The Labute approximate surface area is 413 Å². The van der Waals surface area contributed by atoms with E-state index in [1.165, 1.54) is 0 Å². The highest BCUT2D eigenvalue weighted by atomic mass is 16.4. The van der Waals surface area contributed by atoms with E-state index in [2.05, 4.69) is 22.5 Å². The number of aliphatic carboxylic acids is 1. The molecule has 1 saturated heterocycles. The minimum absolute atomic E-state index is 0.0258. The van der Waals surface area contributed by atoms with Gasteiger partial charge in [0, 0.05) is 30.1 Å². The molecule has 3 aromatic carbocycles. The highest BCUT2D eigenvalue weighted by Gasteiger charge is 2.56. The molecule has 70 heavy (non-hydrogen) atoms. The molecule has 0 amide bonds. The molecule has 12 heteroatoms. The molecule has 1 aliphatic carbocycles. The molecule has 4 aliphatic heterocycles. The second kappa shape index (κ2) is 24.2. The van der Waals surface area contributed by atoms with Crippen LogP contribution in [0.25, 0.3) is 0 Å². The number of fused-ring (bicyclic) bond motifs is 6. The predicted molar refractivity (Wildman–Crippen MR) is 271 cm³/mol. The molecule has 3 aromatic rings. The van der Waals surface area contributed by atoms with Gasteiger partial charge in [0.2, 0.25) is 0 Å². The van der Waals surface area contributed by atoms with Crippen LogP contribution in [0.3, 0.4) is 0 Å². The van der Waals surface area contributed by atoms with Crippen molar-refractivity contribution in [1.29, 1.82) is 0 Å². The van der Waals surface area contributed by atoms with Gasteiger partial charge in [0.1, 0.15) is 5.75 Å². The Morgan fingerprint density at radius 1 is 0.929 bits per heavy atom. The van der Waals surface area contributed by atoms with E-state index in [-0.39, 0.29) is 63.2 Å². The highest BCUT2D eigenvalue weighted by Crippen LogP contribution is 2.45. The molecule has 11 N–H and O–H groups in total. The van der Waals surface area contributed by atoms with Crippen LogP contribution in [0.5, 0.6) is 5.75 Å². The van der Waals surface area contributed by atoms with Crippen LogP contribution >= 0.6 is 0 Å². The molecule has 13 atom stereocenters. The lowest BCUT2D eigenvalue weighted by Gasteiger charge is -2.54. The Bertz CT molecular complexity index is 2350. The van der Waals surface area contributed by atoms with Crippen molar-refractivity contribution >= 4 is 5.97 Å². The van der Waals surface area contributed by atoms with E-state index in [0.29, 0.717) is 37.7 Å². The first-order valence-electron chi connectivity index (χ1n) is 25.6. The summed E-state index contributed by atoms with van der Waals surface area (Å²) in [5.74, 6) is 4.53. The number of phenols is 1. The van der Waals surface area contributed by atoms with Gasteiger partial charge in [-0.2, -0.15) is 0 Å². The SMILES string of the molecule is CCCC[C@H](O)[C@H](O)/C=C/C1=C(\C[C@H](O)CO)[C@@H]2CC[C@H](O)[C@@H]3N[C@@H](C)CC[C@H]([C@@H]3CC(=O)O)[C@H](O)Cc3ccc(cc3)C[C@]3(N2)[C@H](C#Cc2ccccc2CC1)C=CC[C@]3(O)Cc1ccc(O)cc1. The summed E-state index contributed by atoms with van der Waals surface area (Å²) in [4.78, 5) is 12.7. The largest absolute Gasteiger partial charge is 0.508 e. The van der Waals surface area contributed by atoms with Crippen LogP contribution in [-0.4, -0.2) is 118 Å². The lowest BCUT2D eigenvalue weighted by atomic mass is 9.60. The van der Waals surface area contributed by atoms with Gasteiger partial charge < -0.3 is 56.6 Å². The molecule has 6 bridgehead atoms. The van der Waals surface area contributed by atoms with Gasteiger partial charge in [-0.1, -0.05) is 111 Å². The Balaban J connectivity index is 1.51. The first kappa shape index (κ1) is 53.2. The summed E-state index contributed by atoms with van der Waals surface area (Å²) in [7, 11) is 0. The zero-order chi connectivity index (χ0) is 50.0. The number of aromatic hydroxyl groups is 1. The normalized spacial score (nSPS) is 32.0. The summed E-state index contributed by atoms with van der Waals surface area (Å²) in [6.45, 7) is 3.48. The third kappa shape index (κ3) is 12.9. The van der Waals surface area contributed by atoms with Gasteiger partial charge in [-0.25, -0.2) is 0 Å². The molecule has 0 saturated carbocycles. The van der Waals surface area contributed by atoms with Crippen molar-refractivity contribution in [3.05, 3.63) is 136 Å². The molecule has 8 rings (SSSR count). The minimum Gasteiger partial charge on any atom is -0.508 e. The topological polar surface area (TPSA) is 223 Å². The van der Waals surface area contributed by atoms with Crippen LogP contribution in [0, 0.1) is 29.6 Å². The zero-order valence-electron chi connectivity index (χ0n) is 40.8. The highest BCUT2D eigenvalue weighted by molar-refractivity contribution is 5.67. The molecule has 4 heterocycles. The number of carboxylic acid groups (broad SMARTS) is 1. The Kier molecular flexibility index (Phi) is 18.4. The van der Waals surface area contributed by atoms with E-state index in [1.54, 1.807) is 30.3 Å². The van der Waals surface area contributed by atoms with Crippen LogP contribution in [0.1, 0.15) is 112 Å². The fourth-order valence-corrected chi connectivity index (χ4v) is 11.8. The zero-order valence-corrected chi connectivity index (χ0v) is 40.8. The van der Waals surface area contributed by atoms with Crippen LogP contribution < -0.4 is 10.6 Å². The number of phenolic OH excluding ortho intramolecular Hbond substituents is 1. The second-order valence-corrected chi connectivity index (χ2v) is 20.7. The maximum atomic E-state index is 13.8. The number of aliphatic hydroxyl groups is 7. The second-order valence-electron chi connectivity index (χ2n) is 20.7. The van der Waals surface area contributed by atoms with Crippen molar-refractivity contribution in [3.8, 4) is 17.6 Å². The number of rotatable bonds is 13. The van der Waals surface area contributed by atoms with Crippen LogP contribution in [0.4, 0.5) is 0 Å². The number of carboxylic acids is 1. The van der Waals surface area contributed by atoms with Gasteiger partial charge in [-0.05, 0) is 141 Å². The van der Waals surface area contributed by atoms with Crippen molar-refractivity contribution in [3.63, 3.8) is 0 Å². The fourth-order valence-electron chi connectivity index (χ4n) is 11.8. The molecule has 1 fully saturated rings. The summed E-state index contributed by atoms with van der Waals surface area (Å²) < 4.78 is 0. The quantitative estimate of drug-likeness (QED) is 0.0746. The Hall–Kier alpha value is -4.65. The standard InChI is InChI=1S/C58H76N2O10/c1-3-4-11-51(64)52(65)28-22-43-20-19-41-8-5-6-9-42(41)21-23-44-10-7-30-57(70,34-39-17-24-45(62)25-18-39)58(44)35-40-15-13-38(14-16-40)31-54(67)47-26-12-37(2)59-56(49(47)33-55(68)69)53(66)29-27-50(60-58)48(43)32-46(63)36-61/h5-10,13-18,22,24-25,28,37,44,46-47,49-54,56,59-67,70H,3-4,11-12,19-20,26-27,29-36H2,1-2H3,(H,68,69)/b28-22+,48-43+/t37-,44-,46-,47+,49-,50-,51-,52+,53-,54+,56+,57-,58-/m0/s1. The van der Waals surface area contributed by atoms with Crippen molar-refractivity contribution in [2.24, 2.45) is 17.8 Å². The van der Waals surface area contributed by atoms with Gasteiger partial charge in [0.15, 0.2) is 0 Å². The molecule has 378 valence electrons. The van der Waals surface area contributed by atoms with E-state index in [9.17, 15) is 50.8 Å². The smallest absolute Gasteiger partial charge is 0.303 e. The van der Waals surface area contributed by atoms with E-state index in [0.717, 1.165) is 46.2 Å². The fraction of sp³-hybridized carbons (Fsp3) is 0.534. The Morgan fingerprint density at radius 3 is 2.40 bits per heavy atom. The van der Waals surface area contributed by atoms with Gasteiger partial charge in [0.05, 0.1) is 60.6 Å². The number of carbonyl (C=O) groups is 1. The summed E-state index contributed by atoms with van der Waals surface area (Å²) >= 11 is 0. The molecule has 5 aliphatic rings. The maximum Gasteiger partial charge on any atom is 0.303 e. The molecule has 12 nitrogen and oxygen atoms in total. The van der Waals surface area contributed by atoms with Gasteiger partial charge in [0.25, 0.3) is 0 Å². The molecule has 1 spiro atoms. The third-order valence-corrected chi connectivity index (χ3v) is 15.7. The minimum atomic E-state index is -1.58. The van der Waals surface area contributed by atoms with Crippen molar-refractivity contribution < 1.29 is 50.8 Å². The number of nitrogens with one attached hydrogen (secondary N) is 2. The lowest BCUT2D eigenvalue weighted by Crippen LogP contribution is -2.71. The average Bonchev–Trinajstić information content (AvgIpc) is 3.50. The first-order chi connectivity index (χ1) is 33.6. The molecule has 0 aromatic heterocycles. The van der Waals surface area contributed by atoms with E-state index < -0.39 is 84.1 Å². The predicted octanol–water partition coefficient (Wildman–Crippen LogP) is 5.59. The number of unbranched alkanes of at least 4 members (excludes halogenated alkanes) is 1. The molecule has 0 radical (unpaired) electrons. The summed E-state index contributed by atoms with van der Waals surface area (Å²) in [6, 6.07) is 21.1. The maximum absolute atomic E-state index is 13.8. The molecular weight excluding hydrogens is 885 g/mol. The number of benzene rings is 3. The van der Waals surface area contributed by atoms with Crippen molar-refractivity contribution in [1.82, 2.24) is 10.6 Å². The van der Waals surface area contributed by atoms with Crippen molar-refractivity contribution in [2.45, 2.75) is 170 Å². The summed E-state index contributed by atoms with van der Waals surface area (Å²) in [5, 5.41) is 111. The van der Waals surface area contributed by atoms with Crippen LogP contribution in [0.2, 0.25) is 0 Å². The van der Waals surface area contributed by atoms with E-state index >= 15 is 0 Å². The third-order valence-electron chi connectivity index (χ3n) is 15.7. The number of aryl methyl sites for hydroxylation is 1. The van der Waals surface area contributed by atoms with Crippen LogP contribution in [0.15, 0.2) is 108 Å². The number of aliphatic hydroxyl groups excluding tert-OH is 6. The molecular formula is C58H76N2O10.